The average molecular weight is 395 g/mol. The highest BCUT2D eigenvalue weighted by Gasteiger charge is 2.19. The summed E-state index contributed by atoms with van der Waals surface area (Å²) in [5, 5.41) is 6.15. The van der Waals surface area contributed by atoms with Crippen LogP contribution in [0.3, 0.4) is 0 Å². The molecule has 0 radical (unpaired) electrons. The molecule has 0 spiro atoms. The fourth-order valence-electron chi connectivity index (χ4n) is 2.50. The Balaban J connectivity index is 1.69. The summed E-state index contributed by atoms with van der Waals surface area (Å²) in [7, 11) is 0. The fourth-order valence-corrected chi connectivity index (χ4v) is 2.62. The predicted octanol–water partition coefficient (Wildman–Crippen LogP) is 5.00. The van der Waals surface area contributed by atoms with Crippen molar-refractivity contribution in [2.45, 2.75) is 13.0 Å². The maximum Gasteiger partial charge on any atom is 0.265 e. The maximum atomic E-state index is 12.6. The molecule has 5 nitrogen and oxygen atoms in total. The average Bonchev–Trinajstić information content (AvgIpc) is 2.70. The van der Waals surface area contributed by atoms with Gasteiger partial charge in [-0.05, 0) is 55.5 Å². The predicted molar refractivity (Wildman–Crippen MR) is 111 cm³/mol. The van der Waals surface area contributed by atoms with Crippen molar-refractivity contribution in [2.24, 2.45) is 0 Å². The zero-order chi connectivity index (χ0) is 19.9. The second kappa shape index (κ2) is 9.06. The van der Waals surface area contributed by atoms with E-state index in [4.69, 9.17) is 16.3 Å². The molecule has 0 heterocycles. The number of anilines is 2. The Morgan fingerprint density at radius 1 is 0.821 bits per heavy atom. The number of rotatable bonds is 6. The minimum Gasteiger partial charge on any atom is -0.480 e. The number of para-hydroxylation sites is 2. The van der Waals surface area contributed by atoms with Crippen molar-refractivity contribution in [2.75, 3.05) is 10.6 Å². The smallest absolute Gasteiger partial charge is 0.265 e. The second-order valence-electron chi connectivity index (χ2n) is 6.07. The molecule has 142 valence electrons. The Hall–Kier alpha value is -3.31. The highest BCUT2D eigenvalue weighted by molar-refractivity contribution is 6.30. The van der Waals surface area contributed by atoms with E-state index < -0.39 is 6.10 Å². The van der Waals surface area contributed by atoms with Gasteiger partial charge in [-0.25, -0.2) is 0 Å². The van der Waals surface area contributed by atoms with E-state index in [2.05, 4.69) is 10.6 Å². The molecule has 0 aliphatic carbocycles. The normalized spacial score (nSPS) is 11.4. The molecule has 0 fully saturated rings. The lowest BCUT2D eigenvalue weighted by atomic mass is 10.1. The first-order chi connectivity index (χ1) is 13.5. The third kappa shape index (κ3) is 5.11. The van der Waals surface area contributed by atoms with E-state index in [1.165, 1.54) is 0 Å². The van der Waals surface area contributed by atoms with E-state index in [0.717, 1.165) is 0 Å². The van der Waals surface area contributed by atoms with Gasteiger partial charge in [-0.2, -0.15) is 0 Å². The Kier molecular flexibility index (Phi) is 6.29. The zero-order valence-corrected chi connectivity index (χ0v) is 15.9. The lowest BCUT2D eigenvalue weighted by Gasteiger charge is -2.17. The zero-order valence-electron chi connectivity index (χ0n) is 15.2. The number of ether oxygens (including phenoxy) is 1. The number of halogens is 1. The molecule has 3 aromatic rings. The van der Waals surface area contributed by atoms with E-state index in [1.807, 2.05) is 18.2 Å². The highest BCUT2D eigenvalue weighted by atomic mass is 35.5. The second-order valence-corrected chi connectivity index (χ2v) is 6.51. The van der Waals surface area contributed by atoms with E-state index in [-0.39, 0.29) is 11.8 Å². The molecule has 0 aromatic heterocycles. The van der Waals surface area contributed by atoms with Crippen LogP contribution in [0.5, 0.6) is 5.75 Å². The van der Waals surface area contributed by atoms with Crippen LogP contribution in [0.2, 0.25) is 5.02 Å². The topological polar surface area (TPSA) is 67.4 Å². The van der Waals surface area contributed by atoms with Crippen LogP contribution in [0.15, 0.2) is 78.9 Å². The molecule has 0 aliphatic heterocycles. The van der Waals surface area contributed by atoms with Crippen molar-refractivity contribution in [1.29, 1.82) is 0 Å². The van der Waals surface area contributed by atoms with Crippen LogP contribution in [-0.4, -0.2) is 17.9 Å². The molecule has 0 saturated heterocycles. The summed E-state index contributed by atoms with van der Waals surface area (Å²) < 4.78 is 5.76. The molecule has 0 bridgehead atoms. The Morgan fingerprint density at radius 2 is 1.43 bits per heavy atom. The number of carbonyl (C=O) groups excluding carboxylic acids is 2. The highest BCUT2D eigenvalue weighted by Crippen LogP contribution is 2.22. The minimum absolute atomic E-state index is 0.313. The summed E-state index contributed by atoms with van der Waals surface area (Å²) in [5.74, 6) is -0.317. The standard InChI is InChI=1S/C22H19ClN2O3/c1-15(21(26)24-18-13-11-16(23)12-14-18)28-20-10-6-5-9-19(20)22(27)25-17-7-3-2-4-8-17/h2-15H,1H3,(H,24,26)(H,25,27)/t15-/m1/s1. The lowest BCUT2D eigenvalue weighted by Crippen LogP contribution is -2.30. The van der Waals surface area contributed by atoms with Gasteiger partial charge in [0.1, 0.15) is 5.75 Å². The number of benzene rings is 3. The lowest BCUT2D eigenvalue weighted by molar-refractivity contribution is -0.122. The maximum absolute atomic E-state index is 12.6. The van der Waals surface area contributed by atoms with Gasteiger partial charge < -0.3 is 15.4 Å². The van der Waals surface area contributed by atoms with Crippen LogP contribution in [0.1, 0.15) is 17.3 Å². The molecule has 0 saturated carbocycles. The van der Waals surface area contributed by atoms with Crippen LogP contribution in [-0.2, 0) is 4.79 Å². The van der Waals surface area contributed by atoms with Crippen molar-refractivity contribution in [3.63, 3.8) is 0 Å². The molecule has 0 aliphatic rings. The summed E-state index contributed by atoms with van der Waals surface area (Å²) in [6.07, 6.45) is -0.804. The van der Waals surface area contributed by atoms with Gasteiger partial charge in [-0.3, -0.25) is 9.59 Å². The van der Waals surface area contributed by atoms with Crippen molar-refractivity contribution in [3.05, 3.63) is 89.4 Å². The first-order valence-electron chi connectivity index (χ1n) is 8.71. The molecule has 6 heteroatoms. The first kappa shape index (κ1) is 19.5. The summed E-state index contributed by atoms with van der Waals surface area (Å²) in [5.41, 5.74) is 1.63. The Bertz CT molecular complexity index is 959. The third-order valence-electron chi connectivity index (χ3n) is 3.95. The minimum atomic E-state index is -0.804. The molecule has 2 amide bonds. The Labute approximate surface area is 168 Å². The van der Waals surface area contributed by atoms with E-state index in [9.17, 15) is 9.59 Å². The molecule has 1 atom stereocenters. The molecule has 3 aromatic carbocycles. The fraction of sp³-hybridized carbons (Fsp3) is 0.0909. The quantitative estimate of drug-likeness (QED) is 0.618. The van der Waals surface area contributed by atoms with Crippen LogP contribution in [0.4, 0.5) is 11.4 Å². The number of hydrogen-bond acceptors (Lipinski definition) is 3. The number of hydrogen-bond donors (Lipinski definition) is 2. The molecule has 2 N–H and O–H groups in total. The van der Waals surface area contributed by atoms with E-state index >= 15 is 0 Å². The van der Waals surface area contributed by atoms with Gasteiger partial charge >= 0.3 is 0 Å². The first-order valence-corrected chi connectivity index (χ1v) is 9.09. The van der Waals surface area contributed by atoms with Crippen molar-refractivity contribution in [3.8, 4) is 5.75 Å². The van der Waals surface area contributed by atoms with Crippen molar-refractivity contribution < 1.29 is 14.3 Å². The van der Waals surface area contributed by atoms with E-state index in [0.29, 0.717) is 27.7 Å². The van der Waals surface area contributed by atoms with Crippen LogP contribution < -0.4 is 15.4 Å². The molecular formula is C22H19ClN2O3. The van der Waals surface area contributed by atoms with Gasteiger partial charge in [0.2, 0.25) is 0 Å². The molecule has 0 unspecified atom stereocenters. The third-order valence-corrected chi connectivity index (χ3v) is 4.20. The number of amides is 2. The largest absolute Gasteiger partial charge is 0.480 e. The van der Waals surface area contributed by atoms with Gasteiger partial charge in [0.05, 0.1) is 5.56 Å². The van der Waals surface area contributed by atoms with Crippen molar-refractivity contribution in [1.82, 2.24) is 0 Å². The van der Waals surface area contributed by atoms with Crippen LogP contribution >= 0.6 is 11.6 Å². The number of carbonyl (C=O) groups is 2. The molecular weight excluding hydrogens is 376 g/mol. The van der Waals surface area contributed by atoms with Gasteiger partial charge in [-0.1, -0.05) is 41.9 Å². The summed E-state index contributed by atoms with van der Waals surface area (Å²) in [4.78, 5) is 25.0. The Morgan fingerprint density at radius 3 is 2.14 bits per heavy atom. The van der Waals surface area contributed by atoms with Crippen molar-refractivity contribution >= 4 is 34.8 Å². The van der Waals surface area contributed by atoms with Gasteiger partial charge in [-0.15, -0.1) is 0 Å². The number of nitrogens with one attached hydrogen (secondary N) is 2. The summed E-state index contributed by atoms with van der Waals surface area (Å²) >= 11 is 5.85. The van der Waals surface area contributed by atoms with Gasteiger partial charge in [0.25, 0.3) is 11.8 Å². The summed E-state index contributed by atoms with van der Waals surface area (Å²) in [6.45, 7) is 1.62. The van der Waals surface area contributed by atoms with Crippen LogP contribution in [0.25, 0.3) is 0 Å². The summed E-state index contributed by atoms with van der Waals surface area (Å²) in [6, 6.07) is 22.7. The molecule has 3 rings (SSSR count). The van der Waals surface area contributed by atoms with Gasteiger partial charge in [0.15, 0.2) is 6.10 Å². The monoisotopic (exact) mass is 394 g/mol. The SMILES string of the molecule is C[C@@H](Oc1ccccc1C(=O)Nc1ccccc1)C(=O)Nc1ccc(Cl)cc1. The van der Waals surface area contributed by atoms with Gasteiger partial charge in [0, 0.05) is 16.4 Å². The van der Waals surface area contributed by atoms with E-state index in [1.54, 1.807) is 67.6 Å². The van der Waals surface area contributed by atoms with Crippen LogP contribution in [0, 0.1) is 0 Å². The molecule has 28 heavy (non-hydrogen) atoms.